The molecule has 0 aliphatic carbocycles. The summed E-state index contributed by atoms with van der Waals surface area (Å²) in [6.45, 7) is 13.4. The Labute approximate surface area is 212 Å². The molecule has 1 aliphatic rings. The van der Waals surface area contributed by atoms with Crippen molar-refractivity contribution in [2.45, 2.75) is 34.2 Å². The number of aromatic amines is 1. The van der Waals surface area contributed by atoms with Gasteiger partial charge in [-0.05, 0) is 62.9 Å². The van der Waals surface area contributed by atoms with Gasteiger partial charge in [0.05, 0.1) is 12.1 Å². The fourth-order valence-corrected chi connectivity index (χ4v) is 4.58. The van der Waals surface area contributed by atoms with Gasteiger partial charge in [0.1, 0.15) is 13.2 Å². The van der Waals surface area contributed by atoms with E-state index >= 15 is 0 Å². The first-order valence-corrected chi connectivity index (χ1v) is 12.6. The molecule has 1 aromatic heterocycles. The van der Waals surface area contributed by atoms with Crippen LogP contribution in [0.3, 0.4) is 0 Å². The van der Waals surface area contributed by atoms with E-state index < -0.39 is 0 Å². The Morgan fingerprint density at radius 1 is 1.03 bits per heavy atom. The molecule has 0 amide bonds. The third kappa shape index (κ3) is 5.94. The van der Waals surface area contributed by atoms with Gasteiger partial charge in [-0.1, -0.05) is 31.5 Å². The van der Waals surface area contributed by atoms with E-state index in [1.807, 2.05) is 24.3 Å². The van der Waals surface area contributed by atoms with Crippen molar-refractivity contribution in [2.24, 2.45) is 0 Å². The molecule has 2 heterocycles. The van der Waals surface area contributed by atoms with Crippen molar-refractivity contribution in [2.75, 3.05) is 44.7 Å². The number of rotatable bonds is 8. The zero-order valence-electron chi connectivity index (χ0n) is 20.9. The fourth-order valence-electron chi connectivity index (χ4n) is 4.31. The van der Waals surface area contributed by atoms with E-state index in [0.29, 0.717) is 48.5 Å². The number of aryl methyl sites for hydroxylation is 2. The number of thiocarbonyl (C=S) groups is 1. The average Bonchev–Trinajstić information content (AvgIpc) is 2.84. The molecule has 8 heteroatoms. The molecule has 186 valence electrons. The zero-order valence-corrected chi connectivity index (χ0v) is 21.8. The highest BCUT2D eigenvalue weighted by atomic mass is 32.1. The summed E-state index contributed by atoms with van der Waals surface area (Å²) < 4.78 is 11.4. The first-order chi connectivity index (χ1) is 16.9. The van der Waals surface area contributed by atoms with Crippen LogP contribution in [0.25, 0.3) is 10.9 Å². The van der Waals surface area contributed by atoms with E-state index in [2.05, 4.69) is 59.9 Å². The summed E-state index contributed by atoms with van der Waals surface area (Å²) in [6, 6.07) is 11.9. The maximum absolute atomic E-state index is 13.0. The van der Waals surface area contributed by atoms with Crippen LogP contribution in [0.1, 0.15) is 30.5 Å². The van der Waals surface area contributed by atoms with Gasteiger partial charge in [-0.15, -0.1) is 0 Å². The number of hydrogen-bond donors (Lipinski definition) is 2. The Balaban J connectivity index is 1.61. The van der Waals surface area contributed by atoms with Gasteiger partial charge in [0.15, 0.2) is 16.6 Å². The van der Waals surface area contributed by atoms with Crippen LogP contribution < -0.4 is 20.3 Å². The minimum Gasteiger partial charge on any atom is -0.486 e. The number of aromatic nitrogens is 1. The summed E-state index contributed by atoms with van der Waals surface area (Å²) in [4.78, 5) is 20.5. The number of nitrogens with zero attached hydrogens (tertiary/aromatic N) is 2. The standard InChI is InChI=1S/C27H34N4O3S/c1-5-30(6-2)9-10-31(27(35)29-22-8-7-18(3)13-19(22)4)17-21-14-20-15-24-25(34-12-11-33-24)16-23(20)28-26(21)32/h7-8,13-16H,5-6,9-12,17H2,1-4H3,(H,28,32)(H,29,35). The summed E-state index contributed by atoms with van der Waals surface area (Å²) in [6.07, 6.45) is 0. The van der Waals surface area contributed by atoms with E-state index in [-0.39, 0.29) is 5.56 Å². The highest BCUT2D eigenvalue weighted by Gasteiger charge is 2.18. The van der Waals surface area contributed by atoms with Crippen molar-refractivity contribution >= 4 is 33.9 Å². The average molecular weight is 495 g/mol. The number of ether oxygens (including phenoxy) is 2. The van der Waals surface area contributed by atoms with E-state index in [0.717, 1.165) is 41.8 Å². The molecular formula is C27H34N4O3S. The molecule has 0 saturated carbocycles. The van der Waals surface area contributed by atoms with Crippen LogP contribution in [0, 0.1) is 13.8 Å². The predicted octanol–water partition coefficient (Wildman–Crippen LogP) is 4.46. The summed E-state index contributed by atoms with van der Waals surface area (Å²) in [7, 11) is 0. The molecule has 1 aliphatic heterocycles. The SMILES string of the molecule is CCN(CC)CCN(Cc1cc2cc3c(cc2[nH]c1=O)OCCO3)C(=S)Nc1ccc(C)cc1C. The predicted molar refractivity (Wildman–Crippen MR) is 146 cm³/mol. The van der Waals surface area contributed by atoms with Crippen LogP contribution in [0.5, 0.6) is 11.5 Å². The number of likely N-dealkylation sites (N-methyl/N-ethyl adjacent to an activating group) is 1. The van der Waals surface area contributed by atoms with Crippen molar-refractivity contribution in [1.29, 1.82) is 0 Å². The number of benzene rings is 2. The number of H-pyrrole nitrogens is 1. The zero-order chi connectivity index (χ0) is 24.9. The first-order valence-electron chi connectivity index (χ1n) is 12.2. The summed E-state index contributed by atoms with van der Waals surface area (Å²) in [5.74, 6) is 1.36. The van der Waals surface area contributed by atoms with E-state index in [1.165, 1.54) is 5.56 Å². The first kappa shape index (κ1) is 25.0. The molecule has 7 nitrogen and oxygen atoms in total. The maximum atomic E-state index is 13.0. The van der Waals surface area contributed by atoms with Gasteiger partial charge in [-0.3, -0.25) is 4.79 Å². The van der Waals surface area contributed by atoms with Gasteiger partial charge in [-0.25, -0.2) is 0 Å². The number of fused-ring (bicyclic) bond motifs is 2. The summed E-state index contributed by atoms with van der Waals surface area (Å²) in [5, 5.41) is 4.91. The smallest absolute Gasteiger partial charge is 0.253 e. The molecule has 0 atom stereocenters. The molecule has 0 unspecified atom stereocenters. The van der Waals surface area contributed by atoms with E-state index in [4.69, 9.17) is 21.7 Å². The van der Waals surface area contributed by atoms with Crippen LogP contribution in [-0.2, 0) is 6.54 Å². The highest BCUT2D eigenvalue weighted by Crippen LogP contribution is 2.33. The van der Waals surface area contributed by atoms with Gasteiger partial charge < -0.3 is 29.6 Å². The molecule has 4 rings (SSSR count). The lowest BCUT2D eigenvalue weighted by molar-refractivity contribution is 0.172. The Morgan fingerprint density at radius 2 is 1.74 bits per heavy atom. The topological polar surface area (TPSA) is 69.8 Å². The summed E-state index contributed by atoms with van der Waals surface area (Å²) in [5.41, 5.74) is 4.57. The molecule has 2 N–H and O–H groups in total. The Morgan fingerprint density at radius 3 is 2.43 bits per heavy atom. The van der Waals surface area contributed by atoms with Crippen LogP contribution >= 0.6 is 12.2 Å². The quantitative estimate of drug-likeness (QED) is 0.448. The number of anilines is 1. The van der Waals surface area contributed by atoms with Gasteiger partial charge >= 0.3 is 0 Å². The molecule has 0 radical (unpaired) electrons. The second-order valence-electron chi connectivity index (χ2n) is 8.90. The van der Waals surface area contributed by atoms with Crippen molar-refractivity contribution in [1.82, 2.24) is 14.8 Å². The Kier molecular flexibility index (Phi) is 7.93. The molecule has 0 bridgehead atoms. The number of nitrogens with one attached hydrogen (secondary N) is 2. The molecule has 0 spiro atoms. The largest absolute Gasteiger partial charge is 0.486 e. The van der Waals surface area contributed by atoms with Crippen LogP contribution in [-0.4, -0.2) is 59.3 Å². The highest BCUT2D eigenvalue weighted by molar-refractivity contribution is 7.80. The second kappa shape index (κ2) is 11.1. The lowest BCUT2D eigenvalue weighted by atomic mass is 10.1. The van der Waals surface area contributed by atoms with Gasteiger partial charge in [-0.2, -0.15) is 0 Å². The van der Waals surface area contributed by atoms with Crippen molar-refractivity contribution in [3.8, 4) is 11.5 Å². The van der Waals surface area contributed by atoms with Crippen molar-refractivity contribution < 1.29 is 9.47 Å². The van der Waals surface area contributed by atoms with Crippen LogP contribution in [0.15, 0.2) is 41.2 Å². The Bertz CT molecular complexity index is 1270. The number of hydrogen-bond acceptors (Lipinski definition) is 5. The van der Waals surface area contributed by atoms with Gasteiger partial charge in [0.2, 0.25) is 0 Å². The lowest BCUT2D eigenvalue weighted by Crippen LogP contribution is -2.41. The molecule has 2 aromatic carbocycles. The minimum atomic E-state index is -0.128. The molecular weight excluding hydrogens is 460 g/mol. The summed E-state index contributed by atoms with van der Waals surface area (Å²) >= 11 is 5.84. The minimum absolute atomic E-state index is 0.128. The Hall–Kier alpha value is -3.10. The third-order valence-electron chi connectivity index (χ3n) is 6.44. The van der Waals surface area contributed by atoms with Gasteiger partial charge in [0.25, 0.3) is 5.56 Å². The maximum Gasteiger partial charge on any atom is 0.253 e. The van der Waals surface area contributed by atoms with E-state index in [1.54, 1.807) is 0 Å². The fraction of sp³-hybridized carbons (Fsp3) is 0.407. The molecule has 3 aromatic rings. The van der Waals surface area contributed by atoms with Crippen molar-refractivity contribution in [3.63, 3.8) is 0 Å². The normalized spacial score (nSPS) is 12.7. The lowest BCUT2D eigenvalue weighted by Gasteiger charge is -2.29. The molecule has 0 fully saturated rings. The van der Waals surface area contributed by atoms with Gasteiger partial charge in [0, 0.05) is 35.8 Å². The van der Waals surface area contributed by atoms with E-state index in [9.17, 15) is 4.79 Å². The second-order valence-corrected chi connectivity index (χ2v) is 9.29. The molecule has 35 heavy (non-hydrogen) atoms. The number of pyridine rings is 1. The van der Waals surface area contributed by atoms with Crippen LogP contribution in [0.4, 0.5) is 5.69 Å². The van der Waals surface area contributed by atoms with Crippen LogP contribution in [0.2, 0.25) is 0 Å². The monoisotopic (exact) mass is 494 g/mol. The van der Waals surface area contributed by atoms with Crippen molar-refractivity contribution in [3.05, 3.63) is 63.4 Å². The third-order valence-corrected chi connectivity index (χ3v) is 6.80. The molecule has 0 saturated heterocycles.